The van der Waals surface area contributed by atoms with Crippen molar-refractivity contribution in [1.29, 1.82) is 0 Å². The summed E-state index contributed by atoms with van der Waals surface area (Å²) in [5.41, 5.74) is 2.09. The quantitative estimate of drug-likeness (QED) is 0.860. The molecule has 0 saturated carbocycles. The van der Waals surface area contributed by atoms with Crippen LogP contribution in [0.3, 0.4) is 0 Å². The van der Waals surface area contributed by atoms with Crippen molar-refractivity contribution >= 4 is 21.6 Å². The van der Waals surface area contributed by atoms with Gasteiger partial charge in [-0.15, -0.1) is 0 Å². The molecule has 1 unspecified atom stereocenters. The molecule has 0 heterocycles. The Hall–Kier alpha value is -1.35. The fourth-order valence-corrected chi connectivity index (χ4v) is 2.05. The van der Waals surface area contributed by atoms with Gasteiger partial charge in [0.15, 0.2) is 0 Å². The molecule has 0 fully saturated rings. The average Bonchev–Trinajstić information content (AvgIpc) is 2.33. The highest BCUT2D eigenvalue weighted by atomic mass is 79.9. The summed E-state index contributed by atoms with van der Waals surface area (Å²) in [5.74, 6) is -0.207. The number of benzene rings is 2. The number of hydrogen-bond donors (Lipinski definition) is 1. The van der Waals surface area contributed by atoms with Crippen LogP contribution in [-0.2, 0) is 0 Å². The zero-order valence-electron chi connectivity index (χ0n) is 9.45. The molecule has 0 saturated heterocycles. The van der Waals surface area contributed by atoms with Crippen molar-refractivity contribution in [2.45, 2.75) is 13.0 Å². The van der Waals surface area contributed by atoms with Crippen LogP contribution in [0.2, 0.25) is 0 Å². The zero-order chi connectivity index (χ0) is 12.3. The highest BCUT2D eigenvalue weighted by molar-refractivity contribution is 9.10. The van der Waals surface area contributed by atoms with Gasteiger partial charge in [-0.3, -0.25) is 0 Å². The van der Waals surface area contributed by atoms with Gasteiger partial charge in [-0.25, -0.2) is 4.39 Å². The summed E-state index contributed by atoms with van der Waals surface area (Å²) in [6.07, 6.45) is 0. The van der Waals surface area contributed by atoms with E-state index in [0.29, 0.717) is 0 Å². The van der Waals surface area contributed by atoms with E-state index < -0.39 is 0 Å². The Morgan fingerprint density at radius 2 is 1.71 bits per heavy atom. The number of rotatable bonds is 3. The van der Waals surface area contributed by atoms with Crippen molar-refractivity contribution in [2.75, 3.05) is 5.32 Å². The van der Waals surface area contributed by atoms with Crippen molar-refractivity contribution in [3.63, 3.8) is 0 Å². The summed E-state index contributed by atoms with van der Waals surface area (Å²) in [6, 6.07) is 14.6. The van der Waals surface area contributed by atoms with Gasteiger partial charge in [-0.05, 0) is 52.7 Å². The summed E-state index contributed by atoms with van der Waals surface area (Å²) in [6.45, 7) is 2.05. The van der Waals surface area contributed by atoms with E-state index in [0.717, 1.165) is 15.7 Å². The lowest BCUT2D eigenvalue weighted by Gasteiger charge is -2.16. The molecule has 1 atom stereocenters. The third-order valence-electron chi connectivity index (χ3n) is 2.62. The molecule has 0 bridgehead atoms. The molecule has 0 aliphatic rings. The maximum atomic E-state index is 12.8. The summed E-state index contributed by atoms with van der Waals surface area (Å²) < 4.78 is 13.8. The number of nitrogens with one attached hydrogen (secondary N) is 1. The molecule has 1 nitrogen and oxygen atoms in total. The SMILES string of the molecule is CC(Nc1ccccc1Br)c1ccc(F)cc1. The standard InChI is InChI=1S/C14H13BrFN/c1-10(11-6-8-12(16)9-7-11)17-14-5-3-2-4-13(14)15/h2-10,17H,1H3. The monoisotopic (exact) mass is 293 g/mol. The molecule has 2 rings (SSSR count). The second-order valence-corrected chi connectivity index (χ2v) is 4.75. The van der Waals surface area contributed by atoms with Gasteiger partial charge in [0.05, 0.1) is 0 Å². The maximum Gasteiger partial charge on any atom is 0.123 e. The summed E-state index contributed by atoms with van der Waals surface area (Å²) in [5, 5.41) is 3.38. The topological polar surface area (TPSA) is 12.0 Å². The van der Waals surface area contributed by atoms with E-state index in [4.69, 9.17) is 0 Å². The van der Waals surface area contributed by atoms with Gasteiger partial charge in [0.2, 0.25) is 0 Å². The first kappa shape index (κ1) is 12.1. The minimum atomic E-state index is -0.207. The average molecular weight is 294 g/mol. The minimum absolute atomic E-state index is 0.134. The first-order valence-electron chi connectivity index (χ1n) is 5.43. The van der Waals surface area contributed by atoms with Crippen LogP contribution in [0.1, 0.15) is 18.5 Å². The van der Waals surface area contributed by atoms with Gasteiger partial charge < -0.3 is 5.32 Å². The molecule has 88 valence electrons. The van der Waals surface area contributed by atoms with Crippen LogP contribution >= 0.6 is 15.9 Å². The van der Waals surface area contributed by atoms with E-state index in [1.807, 2.05) is 31.2 Å². The molecule has 1 N–H and O–H groups in total. The smallest absolute Gasteiger partial charge is 0.123 e. The van der Waals surface area contributed by atoms with Gasteiger partial charge in [0, 0.05) is 16.2 Å². The lowest BCUT2D eigenvalue weighted by Crippen LogP contribution is -2.06. The maximum absolute atomic E-state index is 12.8. The van der Waals surface area contributed by atoms with Gasteiger partial charge in [0.25, 0.3) is 0 Å². The van der Waals surface area contributed by atoms with Crippen molar-refractivity contribution in [1.82, 2.24) is 0 Å². The minimum Gasteiger partial charge on any atom is -0.378 e. The van der Waals surface area contributed by atoms with Crippen LogP contribution in [0, 0.1) is 5.82 Å². The predicted molar refractivity (Wildman–Crippen MR) is 72.6 cm³/mol. The van der Waals surface area contributed by atoms with Crippen LogP contribution in [0.4, 0.5) is 10.1 Å². The third-order valence-corrected chi connectivity index (χ3v) is 3.31. The van der Waals surface area contributed by atoms with Crippen molar-refractivity contribution < 1.29 is 4.39 Å². The van der Waals surface area contributed by atoms with Gasteiger partial charge >= 0.3 is 0 Å². The normalized spacial score (nSPS) is 12.2. The Labute approximate surface area is 109 Å². The van der Waals surface area contributed by atoms with E-state index in [2.05, 4.69) is 21.2 Å². The van der Waals surface area contributed by atoms with E-state index in [1.165, 1.54) is 12.1 Å². The lowest BCUT2D eigenvalue weighted by atomic mass is 10.1. The lowest BCUT2D eigenvalue weighted by molar-refractivity contribution is 0.626. The Bertz CT molecular complexity index is 496. The van der Waals surface area contributed by atoms with Crippen LogP contribution in [0.25, 0.3) is 0 Å². The largest absolute Gasteiger partial charge is 0.378 e. The van der Waals surface area contributed by atoms with Crippen molar-refractivity contribution in [3.05, 3.63) is 64.4 Å². The molecule has 0 aromatic heterocycles. The number of anilines is 1. The number of halogens is 2. The molecule has 0 amide bonds. The van der Waals surface area contributed by atoms with Crippen LogP contribution in [-0.4, -0.2) is 0 Å². The molecular weight excluding hydrogens is 281 g/mol. The van der Waals surface area contributed by atoms with Gasteiger partial charge in [-0.1, -0.05) is 24.3 Å². The molecular formula is C14H13BrFN. The molecule has 0 aliphatic carbocycles. The molecule has 0 spiro atoms. The molecule has 2 aromatic carbocycles. The molecule has 17 heavy (non-hydrogen) atoms. The van der Waals surface area contributed by atoms with E-state index in [9.17, 15) is 4.39 Å². The first-order chi connectivity index (χ1) is 8.16. The van der Waals surface area contributed by atoms with Crippen LogP contribution in [0.5, 0.6) is 0 Å². The number of para-hydroxylation sites is 1. The number of hydrogen-bond acceptors (Lipinski definition) is 1. The second-order valence-electron chi connectivity index (χ2n) is 3.90. The zero-order valence-corrected chi connectivity index (χ0v) is 11.0. The highest BCUT2D eigenvalue weighted by Crippen LogP contribution is 2.26. The van der Waals surface area contributed by atoms with Crippen LogP contribution < -0.4 is 5.32 Å². The van der Waals surface area contributed by atoms with Crippen LogP contribution in [0.15, 0.2) is 53.0 Å². The molecule has 3 heteroatoms. The Balaban J connectivity index is 2.14. The second kappa shape index (κ2) is 5.32. The van der Waals surface area contributed by atoms with E-state index in [1.54, 1.807) is 12.1 Å². The third kappa shape index (κ3) is 3.07. The van der Waals surface area contributed by atoms with E-state index in [-0.39, 0.29) is 11.9 Å². The Morgan fingerprint density at radius 1 is 1.06 bits per heavy atom. The summed E-state index contributed by atoms with van der Waals surface area (Å²) >= 11 is 3.49. The van der Waals surface area contributed by atoms with Crippen molar-refractivity contribution in [2.24, 2.45) is 0 Å². The predicted octanol–water partition coefficient (Wildman–Crippen LogP) is 4.76. The fourth-order valence-electron chi connectivity index (χ4n) is 1.65. The summed E-state index contributed by atoms with van der Waals surface area (Å²) in [4.78, 5) is 0. The molecule has 2 aromatic rings. The Morgan fingerprint density at radius 3 is 2.35 bits per heavy atom. The molecule has 0 radical (unpaired) electrons. The van der Waals surface area contributed by atoms with Gasteiger partial charge in [-0.2, -0.15) is 0 Å². The summed E-state index contributed by atoms with van der Waals surface area (Å²) in [7, 11) is 0. The van der Waals surface area contributed by atoms with E-state index >= 15 is 0 Å². The van der Waals surface area contributed by atoms with Gasteiger partial charge in [0.1, 0.15) is 5.82 Å². The van der Waals surface area contributed by atoms with Crippen molar-refractivity contribution in [3.8, 4) is 0 Å². The molecule has 0 aliphatic heterocycles. The fraction of sp³-hybridized carbons (Fsp3) is 0.143. The first-order valence-corrected chi connectivity index (χ1v) is 6.22. The Kier molecular flexibility index (Phi) is 3.79. The highest BCUT2D eigenvalue weighted by Gasteiger charge is 2.06.